The van der Waals surface area contributed by atoms with E-state index in [2.05, 4.69) is 0 Å². The minimum Gasteiger partial charge on any atom is -0.481 e. The molecule has 0 amide bonds. The van der Waals surface area contributed by atoms with E-state index in [1.165, 1.54) is 21.0 Å². The lowest BCUT2D eigenvalue weighted by Gasteiger charge is -2.17. The topological polar surface area (TPSA) is 89.9 Å². The van der Waals surface area contributed by atoms with Gasteiger partial charge in [-0.1, -0.05) is 7.43 Å². The number of carboxylic acid groups (broad SMARTS) is 1. The molecule has 0 heterocycles. The van der Waals surface area contributed by atoms with E-state index in [1.807, 2.05) is 0 Å². The molecule has 6 heteroatoms. The summed E-state index contributed by atoms with van der Waals surface area (Å²) in [5.74, 6) is -1.77. The van der Waals surface area contributed by atoms with Gasteiger partial charge >= 0.3 is 11.9 Å². The zero-order chi connectivity index (χ0) is 13.4. The molecule has 0 aliphatic rings. The molecule has 0 saturated carbocycles. The normalized spacial score (nSPS) is 13.1. The highest BCUT2D eigenvalue weighted by molar-refractivity contribution is 5.76. The minimum absolute atomic E-state index is 0. The average Bonchev–Trinajstić information content (AvgIpc) is 2.23. The Morgan fingerprint density at radius 3 is 2.28 bits per heavy atom. The predicted octanol–water partition coefficient (Wildman–Crippen LogP) is 1.66. The predicted molar refractivity (Wildman–Crippen MR) is 67.4 cm³/mol. The molecule has 0 rings (SSSR count). The second-order valence-corrected chi connectivity index (χ2v) is 3.78. The quantitative estimate of drug-likeness (QED) is 0.671. The number of ether oxygens (including phenoxy) is 2. The van der Waals surface area contributed by atoms with Gasteiger partial charge in [0, 0.05) is 15.0 Å². The summed E-state index contributed by atoms with van der Waals surface area (Å²) in [6, 6.07) is 0. The molecule has 6 nitrogen and oxygen atoms in total. The van der Waals surface area contributed by atoms with Crippen LogP contribution in [0.2, 0.25) is 0 Å². The van der Waals surface area contributed by atoms with Crippen LogP contribution in [0.25, 0.3) is 0 Å². The molecule has 108 valence electrons. The van der Waals surface area contributed by atoms with Crippen LogP contribution in [-0.4, -0.2) is 42.1 Å². The molecule has 0 bridgehead atoms. The van der Waals surface area contributed by atoms with Crippen molar-refractivity contribution in [2.75, 3.05) is 7.11 Å². The Balaban J connectivity index is -0.00000128. The van der Waals surface area contributed by atoms with Crippen LogP contribution in [0.15, 0.2) is 0 Å². The highest BCUT2D eigenvalue weighted by Crippen LogP contribution is 2.10. The van der Waals surface area contributed by atoms with Gasteiger partial charge in [0.05, 0.1) is 6.42 Å². The number of methoxy groups -OCH3 is 1. The number of hydrogen-bond acceptors (Lipinski definition) is 5. The monoisotopic (exact) mass is 265 g/mol. The van der Waals surface area contributed by atoms with Gasteiger partial charge in [-0.3, -0.25) is 4.79 Å². The molecule has 1 N–H and O–H groups in total. The van der Waals surface area contributed by atoms with Crippen molar-refractivity contribution in [2.45, 2.75) is 52.7 Å². The summed E-state index contributed by atoms with van der Waals surface area (Å²) in [6.45, 7) is 2.91. The summed E-state index contributed by atoms with van der Waals surface area (Å²) in [6.07, 6.45) is -1.45. The summed E-state index contributed by atoms with van der Waals surface area (Å²) in [5, 5.41) is 8.65. The third kappa shape index (κ3) is 8.69. The van der Waals surface area contributed by atoms with Crippen molar-refractivity contribution < 1.29 is 30.4 Å². The molecule has 0 aliphatic carbocycles. The van der Waals surface area contributed by atoms with Crippen LogP contribution in [0.5, 0.6) is 0 Å². The molecule has 0 saturated heterocycles. The maximum absolute atomic E-state index is 11.4. The molecule has 0 spiro atoms. The van der Waals surface area contributed by atoms with Crippen molar-refractivity contribution in [3.8, 4) is 0 Å². The van der Waals surface area contributed by atoms with Gasteiger partial charge in [0.25, 0.3) is 0 Å². The zero-order valence-electron chi connectivity index (χ0n) is 10.3. The highest BCUT2D eigenvalue weighted by Gasteiger charge is 2.22. The van der Waals surface area contributed by atoms with Crippen LogP contribution in [0.1, 0.15) is 42.0 Å². The fourth-order valence-corrected chi connectivity index (χ4v) is 1.12. The smallest absolute Gasteiger partial charge is 0.335 e. The lowest BCUT2D eigenvalue weighted by molar-refractivity contribution is -0.162. The van der Waals surface area contributed by atoms with Crippen LogP contribution in [0.3, 0.4) is 0 Å². The van der Waals surface area contributed by atoms with Crippen molar-refractivity contribution >= 4 is 17.7 Å². The number of esters is 1. The molecule has 18 heavy (non-hydrogen) atoms. The number of hydrogen-bond donors (Lipinski definition) is 1. The maximum atomic E-state index is 11.4. The Morgan fingerprint density at radius 1 is 1.33 bits per heavy atom. The van der Waals surface area contributed by atoms with E-state index in [0.717, 1.165) is 0 Å². The van der Waals surface area contributed by atoms with Crippen molar-refractivity contribution in [3.05, 3.63) is 0 Å². The lowest BCUT2D eigenvalue weighted by Crippen LogP contribution is -2.29. The summed E-state index contributed by atoms with van der Waals surface area (Å²) < 4.78 is 9.72. The van der Waals surface area contributed by atoms with Crippen LogP contribution < -0.4 is 0 Å². The van der Waals surface area contributed by atoms with E-state index < -0.39 is 24.1 Å². The molecule has 0 aromatic rings. The number of carboxylic acids is 1. The van der Waals surface area contributed by atoms with Crippen LogP contribution in [-0.2, 0) is 23.9 Å². The second-order valence-electron chi connectivity index (χ2n) is 3.78. The summed E-state index contributed by atoms with van der Waals surface area (Å²) in [7, 11) is 1.35. The van der Waals surface area contributed by atoms with Crippen LogP contribution >= 0.6 is 0 Å². The molecule has 0 aliphatic heterocycles. The van der Waals surface area contributed by atoms with E-state index in [0.29, 0.717) is 0 Å². The van der Waals surface area contributed by atoms with Crippen molar-refractivity contribution in [3.63, 3.8) is 0 Å². The molecule has 0 fully saturated rings. The largest absolute Gasteiger partial charge is 0.481 e. The van der Waals surface area contributed by atoms with Gasteiger partial charge in [0.15, 0.2) is 6.10 Å². The van der Waals surface area contributed by atoms with E-state index in [-0.39, 0.29) is 33.9 Å². The van der Waals surface area contributed by atoms with Crippen LogP contribution in [0.4, 0.5) is 0 Å². The zero-order valence-corrected chi connectivity index (χ0v) is 10.3. The number of carbonyl (C=O) groups excluding carboxylic acids is 2. The lowest BCUT2D eigenvalue weighted by atomic mass is 10.1. The number of ketones is 1. The first-order valence-electron chi connectivity index (χ1n) is 5.31. The van der Waals surface area contributed by atoms with E-state index in [4.69, 9.17) is 14.6 Å². The molecule has 0 radical (unpaired) electrons. The first-order chi connectivity index (χ1) is 7.86. The number of carbonyl (C=O) groups is 3. The molecule has 2 unspecified atom stereocenters. The average molecular weight is 265 g/mol. The van der Waals surface area contributed by atoms with Gasteiger partial charge < -0.3 is 19.4 Å². The van der Waals surface area contributed by atoms with Gasteiger partial charge in [0.2, 0.25) is 0 Å². The fraction of sp³-hybridized carbons (Fsp3) is 0.750. The summed E-state index contributed by atoms with van der Waals surface area (Å²) in [5.41, 5.74) is 0. The minimum atomic E-state index is -1.07. The molecule has 2 atom stereocenters. The summed E-state index contributed by atoms with van der Waals surface area (Å²) in [4.78, 5) is 32.8. The second kappa shape index (κ2) is 9.58. The van der Waals surface area contributed by atoms with Gasteiger partial charge in [-0.15, -0.1) is 0 Å². The third-order valence-electron chi connectivity index (χ3n) is 2.19. The standard InChI is InChI=1S/C11H18O6.CH4.H2/c1-7(12)4-5-9(6-10(13)14)17-11(15)8(2)16-3;;/h8-9H,4-6H2,1-3H3,(H,13,14);1H4;1H/i;;1+1. The van der Waals surface area contributed by atoms with Crippen molar-refractivity contribution in [2.24, 2.45) is 0 Å². The van der Waals surface area contributed by atoms with Gasteiger partial charge in [-0.2, -0.15) is 0 Å². The van der Waals surface area contributed by atoms with Gasteiger partial charge in [-0.25, -0.2) is 4.79 Å². The fourth-order valence-electron chi connectivity index (χ4n) is 1.12. The Kier molecular flexibility index (Phi) is 10.1. The van der Waals surface area contributed by atoms with Crippen LogP contribution in [0, 0.1) is 0 Å². The van der Waals surface area contributed by atoms with Crippen molar-refractivity contribution in [1.82, 2.24) is 0 Å². The van der Waals surface area contributed by atoms with E-state index >= 15 is 0 Å². The number of aliphatic carboxylic acids is 1. The Bertz CT molecular complexity index is 292. The number of rotatable bonds is 8. The first kappa shape index (κ1) is 18.9. The molecular formula is C12H24O6. The molecular weight excluding hydrogens is 240 g/mol. The van der Waals surface area contributed by atoms with E-state index in [9.17, 15) is 14.4 Å². The third-order valence-corrected chi connectivity index (χ3v) is 2.19. The Morgan fingerprint density at radius 2 is 1.89 bits per heavy atom. The van der Waals surface area contributed by atoms with E-state index in [1.54, 1.807) is 0 Å². The molecule has 0 aromatic carbocycles. The SMILES string of the molecule is C.COC(C)C(=O)OC(CCC(C)=O)CC(=O)O.[2HH]. The highest BCUT2D eigenvalue weighted by atomic mass is 16.6. The first-order valence-corrected chi connectivity index (χ1v) is 5.31. The summed E-state index contributed by atoms with van der Waals surface area (Å²) >= 11 is 0. The van der Waals surface area contributed by atoms with Crippen molar-refractivity contribution in [1.29, 1.82) is 0 Å². The number of Topliss-reactive ketones (excluding diaryl/α,β-unsaturated/α-hetero) is 1. The maximum Gasteiger partial charge on any atom is 0.335 e. The molecule has 0 aromatic heterocycles. The Hall–Kier alpha value is -1.43. The van der Waals surface area contributed by atoms with Gasteiger partial charge in [-0.05, 0) is 20.3 Å². The Labute approximate surface area is 109 Å². The van der Waals surface area contributed by atoms with Gasteiger partial charge in [0.1, 0.15) is 11.9 Å².